The Labute approximate surface area is 172 Å². The van der Waals surface area contributed by atoms with Gasteiger partial charge in [0, 0.05) is 11.3 Å². The molecule has 1 amide bonds. The normalized spacial score (nSPS) is 11.4. The summed E-state index contributed by atoms with van der Waals surface area (Å²) in [4.78, 5) is 12.4. The molecule has 2 aromatic rings. The summed E-state index contributed by atoms with van der Waals surface area (Å²) in [6.07, 6.45) is 3.15. The number of thiocarbonyl (C=S) groups is 1. The van der Waals surface area contributed by atoms with Gasteiger partial charge in [-0.25, -0.2) is 0 Å². The lowest BCUT2D eigenvalue weighted by atomic mass is 10.2. The molecule has 2 rings (SSSR count). The van der Waals surface area contributed by atoms with Crippen LogP contribution in [0.25, 0.3) is 0 Å². The molecule has 0 aromatic heterocycles. The van der Waals surface area contributed by atoms with E-state index in [1.54, 1.807) is 18.2 Å². The summed E-state index contributed by atoms with van der Waals surface area (Å²) in [5.74, 6) is 1.20. The molecule has 6 heteroatoms. The minimum Gasteiger partial charge on any atom is -0.494 e. The maximum Gasteiger partial charge on any atom is 0.257 e. The average Bonchev–Trinajstić information content (AvgIpc) is 2.69. The van der Waals surface area contributed by atoms with Crippen LogP contribution in [0, 0.1) is 0 Å². The monoisotopic (exact) mass is 400 g/mol. The highest BCUT2D eigenvalue weighted by atomic mass is 32.1. The third-order valence-corrected chi connectivity index (χ3v) is 4.32. The van der Waals surface area contributed by atoms with Crippen LogP contribution in [0.4, 0.5) is 5.69 Å². The number of amides is 1. The second kappa shape index (κ2) is 11.3. The topological polar surface area (TPSA) is 59.6 Å². The predicted octanol–water partition coefficient (Wildman–Crippen LogP) is 5.17. The zero-order chi connectivity index (χ0) is 20.4. The minimum atomic E-state index is -0.282. The molecule has 0 aliphatic carbocycles. The Bertz CT molecular complexity index is 778. The van der Waals surface area contributed by atoms with E-state index in [2.05, 4.69) is 24.5 Å². The van der Waals surface area contributed by atoms with E-state index in [0.717, 1.165) is 30.7 Å². The Hall–Kier alpha value is -2.60. The fourth-order valence-electron chi connectivity index (χ4n) is 2.33. The SMILES string of the molecule is CCCCOc1cccc(C(=O)NC(=S)Nc2ccc(OC(C)CC)cc2)c1. The molecule has 1 unspecified atom stereocenters. The van der Waals surface area contributed by atoms with Crippen LogP contribution in [-0.2, 0) is 0 Å². The van der Waals surface area contributed by atoms with Crippen molar-refractivity contribution >= 4 is 28.9 Å². The second-order valence-electron chi connectivity index (χ2n) is 6.50. The Morgan fingerprint density at radius 2 is 1.86 bits per heavy atom. The molecular weight excluding hydrogens is 372 g/mol. The van der Waals surface area contributed by atoms with Gasteiger partial charge in [-0.15, -0.1) is 0 Å². The van der Waals surface area contributed by atoms with Crippen LogP contribution >= 0.6 is 12.2 Å². The molecule has 0 aliphatic heterocycles. The Kier molecular flexibility index (Phi) is 8.75. The molecule has 0 bridgehead atoms. The van der Waals surface area contributed by atoms with Crippen LogP contribution in [0.1, 0.15) is 50.4 Å². The van der Waals surface area contributed by atoms with Gasteiger partial charge in [0.25, 0.3) is 5.91 Å². The van der Waals surface area contributed by atoms with Crippen molar-refractivity contribution in [3.05, 3.63) is 54.1 Å². The number of nitrogens with one attached hydrogen (secondary N) is 2. The highest BCUT2D eigenvalue weighted by Crippen LogP contribution is 2.18. The number of unbranched alkanes of at least 4 members (excludes halogenated alkanes) is 1. The van der Waals surface area contributed by atoms with Gasteiger partial charge in [-0.2, -0.15) is 0 Å². The highest BCUT2D eigenvalue weighted by Gasteiger charge is 2.09. The lowest BCUT2D eigenvalue weighted by molar-refractivity contribution is 0.0977. The first-order valence-electron chi connectivity index (χ1n) is 9.63. The van der Waals surface area contributed by atoms with Gasteiger partial charge < -0.3 is 14.8 Å². The Morgan fingerprint density at radius 3 is 2.54 bits per heavy atom. The van der Waals surface area contributed by atoms with Crippen LogP contribution < -0.4 is 20.1 Å². The largest absolute Gasteiger partial charge is 0.494 e. The van der Waals surface area contributed by atoms with E-state index < -0.39 is 0 Å². The third-order valence-electron chi connectivity index (χ3n) is 4.11. The number of benzene rings is 2. The first-order chi connectivity index (χ1) is 13.5. The second-order valence-corrected chi connectivity index (χ2v) is 6.91. The molecule has 5 nitrogen and oxygen atoms in total. The van der Waals surface area contributed by atoms with E-state index in [9.17, 15) is 4.79 Å². The van der Waals surface area contributed by atoms with E-state index >= 15 is 0 Å². The first kappa shape index (κ1) is 21.7. The number of carbonyl (C=O) groups is 1. The molecule has 0 heterocycles. The van der Waals surface area contributed by atoms with E-state index in [0.29, 0.717) is 17.9 Å². The summed E-state index contributed by atoms with van der Waals surface area (Å²) in [5.41, 5.74) is 1.27. The van der Waals surface area contributed by atoms with Crippen LogP contribution in [0.2, 0.25) is 0 Å². The van der Waals surface area contributed by atoms with Gasteiger partial charge in [0.05, 0.1) is 12.7 Å². The van der Waals surface area contributed by atoms with Crippen molar-refractivity contribution in [3.63, 3.8) is 0 Å². The van der Waals surface area contributed by atoms with Gasteiger partial charge in [0.1, 0.15) is 11.5 Å². The maximum absolute atomic E-state index is 12.4. The quantitative estimate of drug-likeness (QED) is 0.449. The molecule has 0 aliphatic rings. The van der Waals surface area contributed by atoms with E-state index in [4.69, 9.17) is 21.7 Å². The van der Waals surface area contributed by atoms with E-state index in [-0.39, 0.29) is 17.1 Å². The van der Waals surface area contributed by atoms with Gasteiger partial charge in [0.15, 0.2) is 5.11 Å². The summed E-state index contributed by atoms with van der Waals surface area (Å²) in [6.45, 7) is 6.85. The fraction of sp³-hybridized carbons (Fsp3) is 0.364. The maximum atomic E-state index is 12.4. The number of rotatable bonds is 9. The summed E-state index contributed by atoms with van der Waals surface area (Å²) in [6, 6.07) is 14.5. The van der Waals surface area contributed by atoms with Crippen LogP contribution in [0.5, 0.6) is 11.5 Å². The van der Waals surface area contributed by atoms with Crippen molar-refractivity contribution in [2.75, 3.05) is 11.9 Å². The first-order valence-corrected chi connectivity index (χ1v) is 10.0. The van der Waals surface area contributed by atoms with Crippen molar-refractivity contribution in [3.8, 4) is 11.5 Å². The van der Waals surface area contributed by atoms with E-state index in [1.165, 1.54) is 0 Å². The molecule has 2 aromatic carbocycles. The van der Waals surface area contributed by atoms with Crippen molar-refractivity contribution in [1.82, 2.24) is 5.32 Å². The smallest absolute Gasteiger partial charge is 0.257 e. The molecule has 0 saturated heterocycles. The average molecular weight is 401 g/mol. The Morgan fingerprint density at radius 1 is 1.11 bits per heavy atom. The van der Waals surface area contributed by atoms with Crippen LogP contribution in [0.15, 0.2) is 48.5 Å². The van der Waals surface area contributed by atoms with Gasteiger partial charge >= 0.3 is 0 Å². The number of carbonyl (C=O) groups excluding carboxylic acids is 1. The third kappa shape index (κ3) is 7.19. The number of anilines is 1. The van der Waals surface area contributed by atoms with Gasteiger partial charge in [-0.3, -0.25) is 10.1 Å². The van der Waals surface area contributed by atoms with Crippen molar-refractivity contribution in [1.29, 1.82) is 0 Å². The standard InChI is InChI=1S/C22H28N2O3S/c1-4-6-14-26-20-9-7-8-17(15-20)21(25)24-22(28)23-18-10-12-19(13-11-18)27-16(3)5-2/h7-13,15-16H,4-6,14H2,1-3H3,(H2,23,24,25,28). The molecule has 2 N–H and O–H groups in total. The predicted molar refractivity (Wildman–Crippen MR) is 117 cm³/mol. The lowest BCUT2D eigenvalue weighted by Gasteiger charge is -2.14. The van der Waals surface area contributed by atoms with E-state index in [1.807, 2.05) is 37.3 Å². The molecule has 1 atom stereocenters. The number of ether oxygens (including phenoxy) is 2. The summed E-state index contributed by atoms with van der Waals surface area (Å²) in [5, 5.41) is 5.93. The number of hydrogen-bond donors (Lipinski definition) is 2. The molecule has 0 radical (unpaired) electrons. The molecule has 0 saturated carbocycles. The van der Waals surface area contributed by atoms with Gasteiger partial charge in [-0.1, -0.05) is 26.3 Å². The highest BCUT2D eigenvalue weighted by molar-refractivity contribution is 7.80. The van der Waals surface area contributed by atoms with Crippen molar-refractivity contribution < 1.29 is 14.3 Å². The fourth-order valence-corrected chi connectivity index (χ4v) is 2.54. The summed E-state index contributed by atoms with van der Waals surface area (Å²) in [7, 11) is 0. The van der Waals surface area contributed by atoms with Gasteiger partial charge in [0.2, 0.25) is 0 Å². The zero-order valence-corrected chi connectivity index (χ0v) is 17.5. The van der Waals surface area contributed by atoms with Crippen molar-refractivity contribution in [2.24, 2.45) is 0 Å². The van der Waals surface area contributed by atoms with Crippen LogP contribution in [0.3, 0.4) is 0 Å². The molecular formula is C22H28N2O3S. The molecule has 0 spiro atoms. The summed E-state index contributed by atoms with van der Waals surface area (Å²) >= 11 is 5.25. The Balaban J connectivity index is 1.88. The van der Waals surface area contributed by atoms with Crippen molar-refractivity contribution in [2.45, 2.75) is 46.1 Å². The van der Waals surface area contributed by atoms with Gasteiger partial charge in [-0.05, 0) is 74.4 Å². The molecule has 0 fully saturated rings. The van der Waals surface area contributed by atoms with Crippen LogP contribution in [-0.4, -0.2) is 23.7 Å². The molecule has 150 valence electrons. The molecule has 28 heavy (non-hydrogen) atoms. The minimum absolute atomic E-state index is 0.167. The lowest BCUT2D eigenvalue weighted by Crippen LogP contribution is -2.34. The zero-order valence-electron chi connectivity index (χ0n) is 16.7. The summed E-state index contributed by atoms with van der Waals surface area (Å²) < 4.78 is 11.4. The number of hydrogen-bond acceptors (Lipinski definition) is 4.